The van der Waals surface area contributed by atoms with Crippen molar-refractivity contribution >= 4 is 55.5 Å². The first-order valence-electron chi connectivity index (χ1n) is 18.2. The van der Waals surface area contributed by atoms with Gasteiger partial charge < -0.3 is 39.3 Å². The van der Waals surface area contributed by atoms with Crippen LogP contribution in [-0.2, 0) is 63.5 Å². The van der Waals surface area contributed by atoms with Gasteiger partial charge in [0.15, 0.2) is 0 Å². The van der Waals surface area contributed by atoms with Crippen molar-refractivity contribution in [3.05, 3.63) is 190 Å². The summed E-state index contributed by atoms with van der Waals surface area (Å²) in [5, 5.41) is 36.2. The quantitative estimate of drug-likeness (QED) is 0.0605. The Morgan fingerprint density at radius 2 is 0.556 bits per heavy atom. The van der Waals surface area contributed by atoms with Gasteiger partial charge in [0.2, 0.25) is 0 Å². The topological polar surface area (TPSA) is 270 Å². The summed E-state index contributed by atoms with van der Waals surface area (Å²) in [5.41, 5.74) is 5.15. The molecule has 0 bridgehead atoms. The van der Waals surface area contributed by atoms with Crippen LogP contribution in [0.15, 0.2) is 155 Å². The molecule has 16 nitrogen and oxygen atoms in total. The summed E-state index contributed by atoms with van der Waals surface area (Å²) in [4.78, 5) is 47.3. The Kier molecular flexibility index (Phi) is 16.5. The molecule has 0 fully saturated rings. The number of rotatable bonds is 16. The standard InChI is InChI=1S/2C22H19NO7S.Mn/c2*24-21(25)17-5-1-15(2-6-17)13-23(14-16-3-7-18(8-4-16)22(26)27)19-9-11-20(12-10-19)31(28,29)30;/h2*1-12H,13-14H2,(H,24,25)(H,26,27)(H,28,29,30);/q;;+2/p-2. The van der Waals surface area contributed by atoms with Crippen molar-refractivity contribution in [3.63, 3.8) is 0 Å². The molecule has 0 heterocycles. The van der Waals surface area contributed by atoms with Gasteiger partial charge in [0.25, 0.3) is 0 Å². The second-order valence-corrected chi connectivity index (χ2v) is 16.4. The molecular formula is C44H36MnN2O14S2. The number of nitrogens with zero attached hydrogens (tertiary/aromatic N) is 2. The number of carbonyl (C=O) groups is 4. The number of hydrogen-bond acceptors (Lipinski definition) is 12. The number of carboxylic acids is 4. The molecule has 1 radical (unpaired) electrons. The van der Waals surface area contributed by atoms with E-state index in [1.807, 2.05) is 9.80 Å². The van der Waals surface area contributed by atoms with E-state index in [0.717, 1.165) is 22.3 Å². The molecule has 63 heavy (non-hydrogen) atoms. The van der Waals surface area contributed by atoms with Crippen LogP contribution >= 0.6 is 0 Å². The van der Waals surface area contributed by atoms with E-state index in [9.17, 15) is 45.1 Å². The fraction of sp³-hybridized carbons (Fsp3) is 0.0909. The smallest absolute Gasteiger partial charge is 0.744 e. The fourth-order valence-corrected chi connectivity index (χ4v) is 6.96. The predicted octanol–water partition coefficient (Wildman–Crippen LogP) is 6.39. The van der Waals surface area contributed by atoms with Gasteiger partial charge in [-0.25, -0.2) is 36.0 Å². The van der Waals surface area contributed by atoms with Gasteiger partial charge >= 0.3 is 40.9 Å². The maximum Gasteiger partial charge on any atom is 2.00 e. The van der Waals surface area contributed by atoms with Gasteiger partial charge in [0.05, 0.1) is 32.0 Å². The molecule has 0 aliphatic heterocycles. The van der Waals surface area contributed by atoms with Crippen LogP contribution in [0.1, 0.15) is 63.7 Å². The first-order chi connectivity index (χ1) is 29.3. The Balaban J connectivity index is 0.000000272. The van der Waals surface area contributed by atoms with Crippen LogP contribution < -0.4 is 9.80 Å². The average molecular weight is 936 g/mol. The largest absolute Gasteiger partial charge is 2.00 e. The average Bonchev–Trinajstić information content (AvgIpc) is 3.23. The Morgan fingerprint density at radius 1 is 0.365 bits per heavy atom. The normalized spacial score (nSPS) is 11.0. The third-order valence-corrected chi connectivity index (χ3v) is 11.0. The van der Waals surface area contributed by atoms with Crippen LogP contribution in [0.3, 0.4) is 0 Å². The van der Waals surface area contributed by atoms with Crippen LogP contribution in [0.25, 0.3) is 0 Å². The van der Waals surface area contributed by atoms with Crippen molar-refractivity contribution in [2.75, 3.05) is 9.80 Å². The molecule has 0 aromatic heterocycles. The molecular weight excluding hydrogens is 900 g/mol. The molecule has 325 valence electrons. The summed E-state index contributed by atoms with van der Waals surface area (Å²) in [5.74, 6) is -4.12. The van der Waals surface area contributed by atoms with E-state index < -0.39 is 44.1 Å². The van der Waals surface area contributed by atoms with Crippen molar-refractivity contribution in [2.24, 2.45) is 0 Å². The molecule has 0 saturated heterocycles. The molecule has 4 N–H and O–H groups in total. The summed E-state index contributed by atoms with van der Waals surface area (Å²) < 4.78 is 67.2. The third kappa shape index (κ3) is 14.1. The van der Waals surface area contributed by atoms with Gasteiger partial charge in [-0.15, -0.1) is 0 Å². The summed E-state index contributed by atoms with van der Waals surface area (Å²) >= 11 is 0. The minimum absolute atomic E-state index is 0. The van der Waals surface area contributed by atoms with Crippen molar-refractivity contribution in [1.82, 2.24) is 0 Å². The maximum absolute atomic E-state index is 11.2. The van der Waals surface area contributed by atoms with Gasteiger partial charge in [-0.2, -0.15) is 0 Å². The Bertz CT molecular complexity index is 2460. The van der Waals surface area contributed by atoms with Gasteiger partial charge in [-0.05, 0) is 119 Å². The number of anilines is 2. The van der Waals surface area contributed by atoms with Gasteiger partial charge in [-0.1, -0.05) is 48.5 Å². The molecule has 0 saturated carbocycles. The Labute approximate surface area is 372 Å². The summed E-state index contributed by atoms with van der Waals surface area (Å²) in [6.45, 7) is 1.46. The molecule has 0 spiro atoms. The fourth-order valence-electron chi connectivity index (χ4n) is 6.02. The van der Waals surface area contributed by atoms with E-state index in [2.05, 4.69) is 0 Å². The SMILES string of the molecule is O=C(O)c1ccc(CN(Cc2ccc(C(=O)O)cc2)c2ccc(S(=O)(=O)[O-])cc2)cc1.O=C(O)c1ccc(CN(Cc2ccc(C(=O)O)cc2)c2ccc(S(=O)(=O)[O-])cc2)cc1.[Mn+2]. The second-order valence-electron chi connectivity index (χ2n) is 13.6. The van der Waals surface area contributed by atoms with Crippen LogP contribution in [0.5, 0.6) is 0 Å². The monoisotopic (exact) mass is 935 g/mol. The molecule has 19 heteroatoms. The van der Waals surface area contributed by atoms with Crippen LogP contribution in [-0.4, -0.2) is 70.2 Å². The summed E-state index contributed by atoms with van der Waals surface area (Å²) in [7, 11) is -9.14. The minimum Gasteiger partial charge on any atom is -0.744 e. The number of aromatic carboxylic acids is 4. The second kappa shape index (κ2) is 21.3. The minimum atomic E-state index is -4.57. The van der Waals surface area contributed by atoms with Gasteiger partial charge in [0, 0.05) is 37.6 Å². The molecule has 0 atom stereocenters. The van der Waals surface area contributed by atoms with Gasteiger partial charge in [0.1, 0.15) is 20.2 Å². The molecule has 6 aromatic carbocycles. The van der Waals surface area contributed by atoms with E-state index in [1.165, 1.54) is 97.1 Å². The first kappa shape index (κ1) is 48.8. The van der Waals surface area contributed by atoms with Gasteiger partial charge in [-0.3, -0.25) is 0 Å². The van der Waals surface area contributed by atoms with Crippen molar-refractivity contribution in [2.45, 2.75) is 36.0 Å². The zero-order chi connectivity index (χ0) is 45.2. The van der Waals surface area contributed by atoms with Crippen molar-refractivity contribution in [3.8, 4) is 0 Å². The van der Waals surface area contributed by atoms with Crippen LogP contribution in [0.2, 0.25) is 0 Å². The predicted molar refractivity (Wildman–Crippen MR) is 222 cm³/mol. The molecule has 0 aliphatic carbocycles. The van der Waals surface area contributed by atoms with E-state index in [4.69, 9.17) is 20.4 Å². The van der Waals surface area contributed by atoms with Crippen LogP contribution in [0, 0.1) is 0 Å². The number of hydrogen-bond donors (Lipinski definition) is 4. The zero-order valence-corrected chi connectivity index (χ0v) is 35.5. The van der Waals surface area contributed by atoms with E-state index >= 15 is 0 Å². The van der Waals surface area contributed by atoms with Crippen molar-refractivity contribution < 1.29 is 82.6 Å². The van der Waals surface area contributed by atoms with Crippen molar-refractivity contribution in [1.29, 1.82) is 0 Å². The molecule has 0 aliphatic rings. The van der Waals surface area contributed by atoms with E-state index in [0.29, 0.717) is 37.6 Å². The Morgan fingerprint density at radius 3 is 0.714 bits per heavy atom. The summed E-state index contributed by atoms with van der Waals surface area (Å²) in [6.07, 6.45) is 0. The summed E-state index contributed by atoms with van der Waals surface area (Å²) in [6, 6.07) is 36.3. The van der Waals surface area contributed by atoms with E-state index in [1.54, 1.807) is 48.5 Å². The number of benzene rings is 6. The van der Waals surface area contributed by atoms with E-state index in [-0.39, 0.29) is 49.1 Å². The van der Waals surface area contributed by atoms with Crippen LogP contribution in [0.4, 0.5) is 11.4 Å². The Hall–Kier alpha value is -6.86. The molecule has 6 aromatic rings. The molecule has 0 unspecified atom stereocenters. The first-order valence-corrected chi connectivity index (χ1v) is 21.0. The number of carboxylic acid groups (broad SMARTS) is 4. The zero-order valence-electron chi connectivity index (χ0n) is 32.6. The molecule has 6 rings (SSSR count). The maximum atomic E-state index is 11.2. The molecule has 0 amide bonds. The third-order valence-electron chi connectivity index (χ3n) is 9.28.